The van der Waals surface area contributed by atoms with E-state index in [1.807, 2.05) is 0 Å². The first-order chi connectivity index (χ1) is 7.69. The molecule has 1 aliphatic rings. The molecule has 0 bridgehead atoms. The summed E-state index contributed by atoms with van der Waals surface area (Å²) in [6.07, 6.45) is 3.17. The molecular formula is C13H27NO2. The first-order valence-corrected chi connectivity index (χ1v) is 6.63. The summed E-state index contributed by atoms with van der Waals surface area (Å²) >= 11 is 0. The lowest BCUT2D eigenvalue weighted by Crippen LogP contribution is -2.45. The van der Waals surface area contributed by atoms with Crippen molar-refractivity contribution in [2.75, 3.05) is 19.8 Å². The lowest BCUT2D eigenvalue weighted by Gasteiger charge is -2.30. The summed E-state index contributed by atoms with van der Waals surface area (Å²) in [5.41, 5.74) is 0. The summed E-state index contributed by atoms with van der Waals surface area (Å²) in [5, 5.41) is 12.8. The minimum absolute atomic E-state index is 0.271. The Balaban J connectivity index is 2.45. The lowest BCUT2D eigenvalue weighted by molar-refractivity contribution is 0.166. The summed E-state index contributed by atoms with van der Waals surface area (Å²) in [6, 6.07) is 0.969. The lowest BCUT2D eigenvalue weighted by atomic mass is 9.93. The zero-order valence-corrected chi connectivity index (χ0v) is 10.9. The number of hydrogen-bond donors (Lipinski definition) is 2. The molecule has 0 aromatic rings. The molecule has 1 rings (SSSR count). The molecule has 1 saturated heterocycles. The van der Waals surface area contributed by atoms with E-state index in [9.17, 15) is 0 Å². The van der Waals surface area contributed by atoms with Crippen molar-refractivity contribution in [1.29, 1.82) is 0 Å². The van der Waals surface area contributed by atoms with E-state index >= 15 is 0 Å². The van der Waals surface area contributed by atoms with E-state index in [4.69, 9.17) is 9.84 Å². The Morgan fingerprint density at radius 3 is 2.62 bits per heavy atom. The zero-order valence-electron chi connectivity index (χ0n) is 10.9. The highest BCUT2D eigenvalue weighted by Crippen LogP contribution is 2.20. The number of aliphatic hydroxyl groups is 1. The molecule has 0 aliphatic carbocycles. The number of nitrogens with one attached hydrogen (secondary N) is 1. The van der Waals surface area contributed by atoms with Gasteiger partial charge in [0.1, 0.15) is 0 Å². The number of rotatable bonds is 7. The molecule has 16 heavy (non-hydrogen) atoms. The Morgan fingerprint density at radius 1 is 1.44 bits per heavy atom. The second-order valence-electron chi connectivity index (χ2n) is 5.17. The molecule has 3 atom stereocenters. The maximum Gasteiger partial charge on any atom is 0.0510 e. The third kappa shape index (κ3) is 4.04. The van der Waals surface area contributed by atoms with Gasteiger partial charge in [-0.2, -0.15) is 0 Å². The van der Waals surface area contributed by atoms with Crippen LogP contribution in [0.2, 0.25) is 0 Å². The molecule has 0 spiro atoms. The fourth-order valence-corrected chi connectivity index (χ4v) is 2.48. The van der Waals surface area contributed by atoms with Gasteiger partial charge in [-0.05, 0) is 31.1 Å². The van der Waals surface area contributed by atoms with E-state index in [1.165, 1.54) is 6.42 Å². The maximum absolute atomic E-state index is 9.07. The third-order valence-corrected chi connectivity index (χ3v) is 3.65. The largest absolute Gasteiger partial charge is 0.396 e. The Labute approximate surface area is 99.6 Å². The number of hydrogen-bond acceptors (Lipinski definition) is 3. The van der Waals surface area contributed by atoms with Gasteiger partial charge in [0.15, 0.2) is 0 Å². The van der Waals surface area contributed by atoms with E-state index in [1.54, 1.807) is 0 Å². The van der Waals surface area contributed by atoms with E-state index < -0.39 is 0 Å². The molecular weight excluding hydrogens is 202 g/mol. The van der Waals surface area contributed by atoms with Crippen LogP contribution in [-0.2, 0) is 4.74 Å². The summed E-state index contributed by atoms with van der Waals surface area (Å²) < 4.78 is 5.45. The standard InChI is InChI=1S/C13H27NO2/c1-4-12(11-6-8-16-9-11)14-13(5-7-15)10(2)3/h10-15H,4-9H2,1-3H3. The summed E-state index contributed by atoms with van der Waals surface area (Å²) in [4.78, 5) is 0. The van der Waals surface area contributed by atoms with Gasteiger partial charge >= 0.3 is 0 Å². The van der Waals surface area contributed by atoms with Crippen LogP contribution in [-0.4, -0.2) is 37.0 Å². The van der Waals surface area contributed by atoms with Crippen LogP contribution in [0.3, 0.4) is 0 Å². The van der Waals surface area contributed by atoms with Crippen molar-refractivity contribution in [3.63, 3.8) is 0 Å². The van der Waals surface area contributed by atoms with Crippen LogP contribution in [0.4, 0.5) is 0 Å². The topological polar surface area (TPSA) is 41.5 Å². The van der Waals surface area contributed by atoms with Gasteiger partial charge in [-0.15, -0.1) is 0 Å². The minimum atomic E-state index is 0.271. The van der Waals surface area contributed by atoms with Crippen molar-refractivity contribution >= 4 is 0 Å². The molecule has 0 aromatic heterocycles. The summed E-state index contributed by atoms with van der Waals surface area (Å²) in [7, 11) is 0. The molecule has 0 radical (unpaired) electrons. The molecule has 3 nitrogen and oxygen atoms in total. The fourth-order valence-electron chi connectivity index (χ4n) is 2.48. The molecule has 1 aliphatic heterocycles. The second kappa shape index (κ2) is 7.25. The zero-order chi connectivity index (χ0) is 12.0. The van der Waals surface area contributed by atoms with Crippen molar-refractivity contribution in [1.82, 2.24) is 5.32 Å². The van der Waals surface area contributed by atoms with Gasteiger partial charge in [-0.3, -0.25) is 0 Å². The Bertz CT molecular complexity index is 179. The van der Waals surface area contributed by atoms with Crippen molar-refractivity contribution in [3.8, 4) is 0 Å². The average Bonchev–Trinajstić information content (AvgIpc) is 2.77. The smallest absolute Gasteiger partial charge is 0.0510 e. The Morgan fingerprint density at radius 2 is 2.19 bits per heavy atom. The molecule has 1 fully saturated rings. The Hall–Kier alpha value is -0.120. The second-order valence-corrected chi connectivity index (χ2v) is 5.17. The predicted molar refractivity (Wildman–Crippen MR) is 66.5 cm³/mol. The molecule has 1 heterocycles. The predicted octanol–water partition coefficient (Wildman–Crippen LogP) is 1.80. The monoisotopic (exact) mass is 229 g/mol. The van der Waals surface area contributed by atoms with Crippen molar-refractivity contribution in [3.05, 3.63) is 0 Å². The summed E-state index contributed by atoms with van der Waals surface area (Å²) in [6.45, 7) is 8.74. The van der Waals surface area contributed by atoms with Crippen LogP contribution in [0.15, 0.2) is 0 Å². The van der Waals surface area contributed by atoms with Crippen molar-refractivity contribution < 1.29 is 9.84 Å². The van der Waals surface area contributed by atoms with Crippen LogP contribution in [0.25, 0.3) is 0 Å². The van der Waals surface area contributed by atoms with Gasteiger partial charge < -0.3 is 15.2 Å². The first kappa shape index (κ1) is 13.9. The molecule has 0 saturated carbocycles. The average molecular weight is 229 g/mol. The van der Waals surface area contributed by atoms with Crippen molar-refractivity contribution in [2.45, 2.75) is 52.1 Å². The summed E-state index contributed by atoms with van der Waals surface area (Å²) in [5.74, 6) is 1.23. The van der Waals surface area contributed by atoms with E-state index in [0.29, 0.717) is 23.9 Å². The molecule has 96 valence electrons. The van der Waals surface area contributed by atoms with E-state index in [-0.39, 0.29) is 6.61 Å². The highest BCUT2D eigenvalue weighted by molar-refractivity contribution is 4.83. The van der Waals surface area contributed by atoms with Crippen LogP contribution >= 0.6 is 0 Å². The first-order valence-electron chi connectivity index (χ1n) is 6.63. The molecule has 0 aromatic carbocycles. The van der Waals surface area contributed by atoms with Crippen LogP contribution in [0.5, 0.6) is 0 Å². The number of aliphatic hydroxyl groups excluding tert-OH is 1. The molecule has 2 N–H and O–H groups in total. The molecule has 3 unspecified atom stereocenters. The van der Waals surface area contributed by atoms with Crippen LogP contribution < -0.4 is 5.32 Å². The van der Waals surface area contributed by atoms with Crippen LogP contribution in [0, 0.1) is 11.8 Å². The van der Waals surface area contributed by atoms with Gasteiger partial charge in [0.25, 0.3) is 0 Å². The van der Waals surface area contributed by atoms with Gasteiger partial charge in [0.2, 0.25) is 0 Å². The Kier molecular flexibility index (Phi) is 6.32. The minimum Gasteiger partial charge on any atom is -0.396 e. The van der Waals surface area contributed by atoms with Crippen LogP contribution in [0.1, 0.15) is 40.0 Å². The van der Waals surface area contributed by atoms with Gasteiger partial charge in [-0.1, -0.05) is 20.8 Å². The highest BCUT2D eigenvalue weighted by atomic mass is 16.5. The highest BCUT2D eigenvalue weighted by Gasteiger charge is 2.26. The maximum atomic E-state index is 9.07. The van der Waals surface area contributed by atoms with E-state index in [2.05, 4.69) is 26.1 Å². The number of ether oxygens (including phenoxy) is 1. The fraction of sp³-hybridized carbons (Fsp3) is 1.00. The van der Waals surface area contributed by atoms with Crippen molar-refractivity contribution in [2.24, 2.45) is 11.8 Å². The molecule has 0 amide bonds. The quantitative estimate of drug-likeness (QED) is 0.699. The van der Waals surface area contributed by atoms with Gasteiger partial charge in [0.05, 0.1) is 6.61 Å². The third-order valence-electron chi connectivity index (χ3n) is 3.65. The van der Waals surface area contributed by atoms with Gasteiger partial charge in [-0.25, -0.2) is 0 Å². The SMILES string of the molecule is CCC(NC(CCO)C(C)C)C1CCOC1. The molecule has 3 heteroatoms. The van der Waals surface area contributed by atoms with E-state index in [0.717, 1.165) is 26.1 Å². The normalized spacial score (nSPS) is 24.9. The van der Waals surface area contributed by atoms with Gasteiger partial charge in [0, 0.05) is 25.3 Å².